The molecule has 1 unspecified atom stereocenters. The minimum absolute atomic E-state index is 0.111. The molecule has 0 radical (unpaired) electrons. The molecule has 21 heavy (non-hydrogen) atoms. The van der Waals surface area contributed by atoms with Crippen LogP contribution in [0.1, 0.15) is 30.1 Å². The Kier molecular flexibility index (Phi) is 3.83. The van der Waals surface area contributed by atoms with E-state index in [0.29, 0.717) is 12.1 Å². The maximum atomic E-state index is 12.5. The first kappa shape index (κ1) is 14.3. The summed E-state index contributed by atoms with van der Waals surface area (Å²) in [5.74, 6) is 0.111. The van der Waals surface area contributed by atoms with Gasteiger partial charge < -0.3 is 9.15 Å². The summed E-state index contributed by atoms with van der Waals surface area (Å²) in [5.41, 5.74) is 1.30. The van der Waals surface area contributed by atoms with Gasteiger partial charge in [0.15, 0.2) is 5.78 Å². The van der Waals surface area contributed by atoms with Gasteiger partial charge in [0.2, 0.25) is 0 Å². The second-order valence-corrected chi connectivity index (χ2v) is 6.04. The first-order valence-electron chi connectivity index (χ1n) is 7.38. The zero-order chi connectivity index (χ0) is 14.9. The highest BCUT2D eigenvalue weighted by Crippen LogP contribution is 2.25. The van der Waals surface area contributed by atoms with E-state index in [2.05, 4.69) is 11.8 Å². The largest absolute Gasteiger partial charge is 0.464 e. The number of furan rings is 1. The average Bonchev–Trinajstić information content (AvgIpc) is 2.91. The number of carbonyl (C=O) groups is 1. The fraction of sp³-hybridized carbons (Fsp3) is 0.471. The Morgan fingerprint density at radius 1 is 1.43 bits per heavy atom. The molecule has 1 fully saturated rings. The van der Waals surface area contributed by atoms with Gasteiger partial charge in [-0.1, -0.05) is 18.2 Å². The minimum atomic E-state index is -0.142. The van der Waals surface area contributed by atoms with Crippen LogP contribution in [0.2, 0.25) is 0 Å². The van der Waals surface area contributed by atoms with Crippen molar-refractivity contribution >= 4 is 16.8 Å². The number of likely N-dealkylation sites (tertiary alicyclic amines) is 1. The third-order valence-corrected chi connectivity index (χ3v) is 4.38. The van der Waals surface area contributed by atoms with Gasteiger partial charge in [-0.2, -0.15) is 0 Å². The molecular formula is C17H21NO3. The van der Waals surface area contributed by atoms with Crippen molar-refractivity contribution in [3.05, 3.63) is 36.1 Å². The number of fused-ring (bicyclic) bond motifs is 1. The quantitative estimate of drug-likeness (QED) is 0.810. The van der Waals surface area contributed by atoms with Crippen LogP contribution in [0, 0.1) is 0 Å². The van der Waals surface area contributed by atoms with Crippen molar-refractivity contribution in [2.24, 2.45) is 0 Å². The van der Waals surface area contributed by atoms with Crippen molar-refractivity contribution in [3.63, 3.8) is 0 Å². The lowest BCUT2D eigenvalue weighted by molar-refractivity contribution is -0.0485. The van der Waals surface area contributed by atoms with Gasteiger partial charge in [0.1, 0.15) is 11.8 Å². The summed E-state index contributed by atoms with van der Waals surface area (Å²) in [6.07, 6.45) is 3.68. The lowest BCUT2D eigenvalue weighted by Crippen LogP contribution is -2.48. The van der Waals surface area contributed by atoms with Gasteiger partial charge in [-0.3, -0.25) is 9.69 Å². The van der Waals surface area contributed by atoms with Crippen molar-refractivity contribution in [2.75, 3.05) is 26.7 Å². The van der Waals surface area contributed by atoms with Gasteiger partial charge in [0.25, 0.3) is 0 Å². The number of Topliss-reactive ketones (excluding diaryl/α,β-unsaturated/α-hetero) is 1. The summed E-state index contributed by atoms with van der Waals surface area (Å²) >= 11 is 0. The molecule has 0 bridgehead atoms. The molecule has 0 N–H and O–H groups in total. The predicted octanol–water partition coefficient (Wildman–Crippen LogP) is 3.12. The molecule has 1 saturated heterocycles. The van der Waals surface area contributed by atoms with Crippen molar-refractivity contribution in [2.45, 2.75) is 25.4 Å². The Bertz CT molecular complexity index is 648. The first-order chi connectivity index (χ1) is 10.1. The highest BCUT2D eigenvalue weighted by atomic mass is 16.5. The number of hydrogen-bond donors (Lipinski definition) is 0. The predicted molar refractivity (Wildman–Crippen MR) is 81.6 cm³/mol. The fourth-order valence-electron chi connectivity index (χ4n) is 3.09. The van der Waals surface area contributed by atoms with E-state index in [4.69, 9.17) is 9.15 Å². The van der Waals surface area contributed by atoms with Gasteiger partial charge in [-0.25, -0.2) is 0 Å². The summed E-state index contributed by atoms with van der Waals surface area (Å²) in [4.78, 5) is 14.7. The number of nitrogens with zero attached hydrogens (tertiary/aromatic N) is 1. The molecule has 2 aromatic rings. The monoisotopic (exact) mass is 287 g/mol. The molecule has 1 aromatic carbocycles. The highest BCUT2D eigenvalue weighted by molar-refractivity contribution is 6.08. The van der Waals surface area contributed by atoms with Crippen LogP contribution < -0.4 is 0 Å². The van der Waals surface area contributed by atoms with Crippen LogP contribution in [0.15, 0.2) is 34.9 Å². The zero-order valence-electron chi connectivity index (χ0n) is 12.6. The standard InChI is InChI=1S/C17H21NO3/c1-17(20-2)8-5-9-18(12-17)10-15(19)14-11-21-16-7-4-3-6-13(14)16/h3-4,6-7,11H,5,8-10,12H2,1-2H3. The van der Waals surface area contributed by atoms with E-state index in [1.165, 1.54) is 0 Å². The fourth-order valence-corrected chi connectivity index (χ4v) is 3.09. The molecule has 0 saturated carbocycles. The van der Waals surface area contributed by atoms with Crippen molar-refractivity contribution in [1.82, 2.24) is 4.90 Å². The van der Waals surface area contributed by atoms with Crippen LogP contribution >= 0.6 is 0 Å². The van der Waals surface area contributed by atoms with E-state index < -0.39 is 0 Å². The third-order valence-electron chi connectivity index (χ3n) is 4.38. The molecule has 1 aliphatic rings. The van der Waals surface area contributed by atoms with E-state index in [-0.39, 0.29) is 11.4 Å². The molecule has 0 aliphatic carbocycles. The van der Waals surface area contributed by atoms with Crippen LogP contribution in [0.25, 0.3) is 11.0 Å². The highest BCUT2D eigenvalue weighted by Gasteiger charge is 2.31. The van der Waals surface area contributed by atoms with Gasteiger partial charge in [0.05, 0.1) is 17.7 Å². The number of ketones is 1. The first-order valence-corrected chi connectivity index (χ1v) is 7.38. The number of methoxy groups -OCH3 is 1. The Labute approximate surface area is 124 Å². The number of rotatable bonds is 4. The smallest absolute Gasteiger partial charge is 0.180 e. The lowest BCUT2D eigenvalue weighted by atomic mass is 9.94. The van der Waals surface area contributed by atoms with Gasteiger partial charge in [-0.15, -0.1) is 0 Å². The summed E-state index contributed by atoms with van der Waals surface area (Å²) in [5, 5.41) is 0.897. The minimum Gasteiger partial charge on any atom is -0.464 e. The summed E-state index contributed by atoms with van der Waals surface area (Å²) < 4.78 is 11.0. The molecule has 2 heterocycles. The second-order valence-electron chi connectivity index (χ2n) is 6.04. The normalized spacial score (nSPS) is 23.5. The van der Waals surface area contributed by atoms with Crippen LogP contribution in [0.5, 0.6) is 0 Å². The van der Waals surface area contributed by atoms with Gasteiger partial charge in [0, 0.05) is 19.0 Å². The number of carbonyl (C=O) groups excluding carboxylic acids is 1. The molecule has 0 spiro atoms. The molecule has 1 atom stereocenters. The number of ether oxygens (including phenoxy) is 1. The summed E-state index contributed by atoms with van der Waals surface area (Å²) in [6.45, 7) is 4.27. The van der Waals surface area contributed by atoms with Crippen LogP contribution in [-0.4, -0.2) is 43.0 Å². The topological polar surface area (TPSA) is 42.7 Å². The molecular weight excluding hydrogens is 266 g/mol. The maximum Gasteiger partial charge on any atom is 0.180 e. The number of para-hydroxylation sites is 1. The van der Waals surface area contributed by atoms with Gasteiger partial charge in [-0.05, 0) is 32.4 Å². The van der Waals surface area contributed by atoms with E-state index in [9.17, 15) is 4.79 Å². The Morgan fingerprint density at radius 2 is 2.24 bits per heavy atom. The Hall–Kier alpha value is -1.65. The van der Waals surface area contributed by atoms with E-state index in [1.54, 1.807) is 13.4 Å². The Balaban J connectivity index is 1.74. The third kappa shape index (κ3) is 2.87. The van der Waals surface area contributed by atoms with Crippen molar-refractivity contribution < 1.29 is 13.9 Å². The van der Waals surface area contributed by atoms with Gasteiger partial charge >= 0.3 is 0 Å². The van der Waals surface area contributed by atoms with E-state index in [0.717, 1.165) is 36.9 Å². The average molecular weight is 287 g/mol. The van der Waals surface area contributed by atoms with Crippen LogP contribution in [-0.2, 0) is 4.74 Å². The number of benzene rings is 1. The van der Waals surface area contributed by atoms with Crippen molar-refractivity contribution in [3.8, 4) is 0 Å². The SMILES string of the molecule is COC1(C)CCCN(CC(=O)c2coc3ccccc23)C1. The number of piperidine rings is 1. The molecule has 1 aromatic heterocycles. The second kappa shape index (κ2) is 5.62. The number of hydrogen-bond acceptors (Lipinski definition) is 4. The summed E-state index contributed by atoms with van der Waals surface area (Å²) in [7, 11) is 1.74. The molecule has 112 valence electrons. The molecule has 4 heteroatoms. The lowest BCUT2D eigenvalue weighted by Gasteiger charge is -2.39. The molecule has 3 rings (SSSR count). The molecule has 0 amide bonds. The Morgan fingerprint density at radius 3 is 3.05 bits per heavy atom. The van der Waals surface area contributed by atoms with Crippen LogP contribution in [0.3, 0.4) is 0 Å². The van der Waals surface area contributed by atoms with Crippen LogP contribution in [0.4, 0.5) is 0 Å². The zero-order valence-corrected chi connectivity index (χ0v) is 12.6. The van der Waals surface area contributed by atoms with E-state index >= 15 is 0 Å². The molecule has 4 nitrogen and oxygen atoms in total. The van der Waals surface area contributed by atoms with Crippen molar-refractivity contribution in [1.29, 1.82) is 0 Å². The molecule has 1 aliphatic heterocycles. The van der Waals surface area contributed by atoms with E-state index in [1.807, 2.05) is 24.3 Å². The summed E-state index contributed by atoms with van der Waals surface area (Å²) in [6, 6.07) is 7.66. The maximum absolute atomic E-state index is 12.5.